The summed E-state index contributed by atoms with van der Waals surface area (Å²) in [7, 11) is 0. The minimum absolute atomic E-state index is 0.0420. The van der Waals surface area contributed by atoms with Gasteiger partial charge in [0.05, 0.1) is 6.20 Å². The number of imidazole rings is 1. The molecule has 0 spiro atoms. The smallest absolute Gasteiger partial charge is 0.210 e. The standard InChI is InChI=1S/C17H14N2O/c1-12-7-9-13(10-8-12)16(20)15-11-18-17(19-15)14-5-3-2-4-6-14/h2-11H,1H3,(H,18,19). The van der Waals surface area contributed by atoms with Crippen LogP contribution in [-0.4, -0.2) is 15.8 Å². The number of hydrogen-bond donors (Lipinski definition) is 1. The Kier molecular flexibility index (Phi) is 3.17. The summed E-state index contributed by atoms with van der Waals surface area (Å²) in [4.78, 5) is 19.7. The average molecular weight is 262 g/mol. The van der Waals surface area contributed by atoms with Crippen LogP contribution in [0.2, 0.25) is 0 Å². The van der Waals surface area contributed by atoms with Crippen molar-refractivity contribution in [3.8, 4) is 11.4 Å². The van der Waals surface area contributed by atoms with Crippen LogP contribution >= 0.6 is 0 Å². The SMILES string of the molecule is Cc1ccc(C(=O)c2cnc(-c3ccccc3)[nH]2)cc1. The van der Waals surface area contributed by atoms with Crippen LogP contribution in [0.15, 0.2) is 60.8 Å². The largest absolute Gasteiger partial charge is 0.335 e. The maximum atomic E-state index is 12.3. The van der Waals surface area contributed by atoms with Gasteiger partial charge in [-0.15, -0.1) is 0 Å². The fraction of sp³-hybridized carbons (Fsp3) is 0.0588. The summed E-state index contributed by atoms with van der Waals surface area (Å²) in [5.41, 5.74) is 3.28. The van der Waals surface area contributed by atoms with Crippen molar-refractivity contribution in [3.63, 3.8) is 0 Å². The summed E-state index contributed by atoms with van der Waals surface area (Å²) in [6, 6.07) is 17.3. The van der Waals surface area contributed by atoms with Crippen molar-refractivity contribution >= 4 is 5.78 Å². The van der Waals surface area contributed by atoms with Crippen molar-refractivity contribution < 1.29 is 4.79 Å². The van der Waals surface area contributed by atoms with E-state index in [1.165, 1.54) is 0 Å². The number of H-pyrrole nitrogens is 1. The molecule has 0 saturated heterocycles. The summed E-state index contributed by atoms with van der Waals surface area (Å²) in [6.45, 7) is 2.00. The fourth-order valence-corrected chi connectivity index (χ4v) is 2.04. The third kappa shape index (κ3) is 2.38. The van der Waals surface area contributed by atoms with Gasteiger partial charge in [-0.1, -0.05) is 60.2 Å². The predicted molar refractivity (Wildman–Crippen MR) is 78.6 cm³/mol. The molecule has 98 valence electrons. The number of hydrogen-bond acceptors (Lipinski definition) is 2. The fourth-order valence-electron chi connectivity index (χ4n) is 2.04. The van der Waals surface area contributed by atoms with Gasteiger partial charge in [-0.3, -0.25) is 4.79 Å². The Balaban J connectivity index is 1.90. The molecule has 3 aromatic rings. The van der Waals surface area contributed by atoms with Crippen LogP contribution in [0, 0.1) is 6.92 Å². The summed E-state index contributed by atoms with van der Waals surface area (Å²) >= 11 is 0. The second kappa shape index (κ2) is 5.13. The van der Waals surface area contributed by atoms with Crippen LogP contribution < -0.4 is 0 Å². The zero-order chi connectivity index (χ0) is 13.9. The van der Waals surface area contributed by atoms with Gasteiger partial charge in [-0.2, -0.15) is 0 Å². The molecule has 0 radical (unpaired) electrons. The van der Waals surface area contributed by atoms with E-state index in [2.05, 4.69) is 9.97 Å². The van der Waals surface area contributed by atoms with Gasteiger partial charge in [0.2, 0.25) is 5.78 Å². The van der Waals surface area contributed by atoms with Gasteiger partial charge in [-0.05, 0) is 6.92 Å². The first-order valence-corrected chi connectivity index (χ1v) is 6.46. The topological polar surface area (TPSA) is 45.8 Å². The summed E-state index contributed by atoms with van der Waals surface area (Å²) in [6.07, 6.45) is 1.59. The molecule has 0 fully saturated rings. The lowest BCUT2D eigenvalue weighted by Gasteiger charge is -1.99. The number of nitrogens with zero attached hydrogens (tertiary/aromatic N) is 1. The van der Waals surface area contributed by atoms with Gasteiger partial charge in [0.1, 0.15) is 11.5 Å². The number of ketones is 1. The molecule has 3 nitrogen and oxygen atoms in total. The molecule has 0 aliphatic carbocycles. The number of nitrogens with one attached hydrogen (secondary N) is 1. The molecule has 3 rings (SSSR count). The van der Waals surface area contributed by atoms with Gasteiger partial charge in [0.25, 0.3) is 0 Å². The third-order valence-corrected chi connectivity index (χ3v) is 3.18. The summed E-state index contributed by atoms with van der Waals surface area (Å²) in [5, 5.41) is 0. The molecule has 1 N–H and O–H groups in total. The number of aryl methyl sites for hydroxylation is 1. The number of benzene rings is 2. The molecule has 1 heterocycles. The highest BCUT2D eigenvalue weighted by atomic mass is 16.1. The maximum absolute atomic E-state index is 12.3. The molecule has 0 aliphatic heterocycles. The van der Waals surface area contributed by atoms with E-state index in [-0.39, 0.29) is 5.78 Å². The predicted octanol–water partition coefficient (Wildman–Crippen LogP) is 3.62. The van der Waals surface area contributed by atoms with E-state index in [0.717, 1.165) is 11.1 Å². The zero-order valence-corrected chi connectivity index (χ0v) is 11.1. The Bertz CT molecular complexity index is 727. The van der Waals surface area contributed by atoms with E-state index in [4.69, 9.17) is 0 Å². The van der Waals surface area contributed by atoms with Crippen molar-refractivity contribution in [3.05, 3.63) is 77.6 Å². The van der Waals surface area contributed by atoms with Gasteiger partial charge in [0, 0.05) is 11.1 Å². The van der Waals surface area contributed by atoms with Crippen molar-refractivity contribution in [2.45, 2.75) is 6.92 Å². The van der Waals surface area contributed by atoms with Crippen molar-refractivity contribution in [1.82, 2.24) is 9.97 Å². The van der Waals surface area contributed by atoms with Gasteiger partial charge in [-0.25, -0.2) is 4.98 Å². The number of rotatable bonds is 3. The maximum Gasteiger partial charge on any atom is 0.210 e. The van der Waals surface area contributed by atoms with Crippen LogP contribution in [0.25, 0.3) is 11.4 Å². The molecule has 1 aromatic heterocycles. The van der Waals surface area contributed by atoms with E-state index >= 15 is 0 Å². The molecule has 0 amide bonds. The van der Waals surface area contributed by atoms with Crippen molar-refractivity contribution in [2.24, 2.45) is 0 Å². The second-order valence-corrected chi connectivity index (χ2v) is 4.71. The highest BCUT2D eigenvalue weighted by molar-refractivity contribution is 6.07. The Morgan fingerprint density at radius 3 is 2.40 bits per heavy atom. The second-order valence-electron chi connectivity index (χ2n) is 4.71. The molecule has 0 atom stereocenters. The lowest BCUT2D eigenvalue weighted by atomic mass is 10.1. The average Bonchev–Trinajstić information content (AvgIpc) is 2.98. The molecule has 2 aromatic carbocycles. The minimum Gasteiger partial charge on any atom is -0.335 e. The quantitative estimate of drug-likeness (QED) is 0.733. The highest BCUT2D eigenvalue weighted by Crippen LogP contribution is 2.16. The number of aromatic nitrogens is 2. The normalized spacial score (nSPS) is 10.4. The van der Waals surface area contributed by atoms with E-state index in [9.17, 15) is 4.79 Å². The zero-order valence-electron chi connectivity index (χ0n) is 11.1. The third-order valence-electron chi connectivity index (χ3n) is 3.18. The molecule has 20 heavy (non-hydrogen) atoms. The summed E-state index contributed by atoms with van der Waals surface area (Å²) < 4.78 is 0. The number of aromatic amines is 1. The highest BCUT2D eigenvalue weighted by Gasteiger charge is 2.12. The Morgan fingerprint density at radius 1 is 1.00 bits per heavy atom. The lowest BCUT2D eigenvalue weighted by molar-refractivity contribution is 0.103. The molecular weight excluding hydrogens is 248 g/mol. The first-order valence-electron chi connectivity index (χ1n) is 6.46. The Morgan fingerprint density at radius 2 is 1.70 bits per heavy atom. The van der Waals surface area contributed by atoms with Gasteiger partial charge < -0.3 is 4.98 Å². The van der Waals surface area contributed by atoms with E-state index < -0.39 is 0 Å². The molecule has 0 bridgehead atoms. The molecule has 3 heteroatoms. The number of carbonyl (C=O) groups is 1. The van der Waals surface area contributed by atoms with Crippen LogP contribution in [0.5, 0.6) is 0 Å². The van der Waals surface area contributed by atoms with Crippen molar-refractivity contribution in [1.29, 1.82) is 0 Å². The van der Waals surface area contributed by atoms with Crippen LogP contribution in [0.4, 0.5) is 0 Å². The van der Waals surface area contributed by atoms with Crippen molar-refractivity contribution in [2.75, 3.05) is 0 Å². The molecular formula is C17H14N2O. The Hall–Kier alpha value is -2.68. The van der Waals surface area contributed by atoms with E-state index in [1.807, 2.05) is 61.5 Å². The summed E-state index contributed by atoms with van der Waals surface area (Å²) in [5.74, 6) is 0.667. The van der Waals surface area contributed by atoms with Crippen LogP contribution in [0.3, 0.4) is 0 Å². The number of carbonyl (C=O) groups excluding carboxylic acids is 1. The van der Waals surface area contributed by atoms with Crippen LogP contribution in [-0.2, 0) is 0 Å². The van der Waals surface area contributed by atoms with Crippen LogP contribution in [0.1, 0.15) is 21.6 Å². The van der Waals surface area contributed by atoms with Gasteiger partial charge >= 0.3 is 0 Å². The van der Waals surface area contributed by atoms with E-state index in [1.54, 1.807) is 6.20 Å². The molecule has 0 aliphatic rings. The monoisotopic (exact) mass is 262 g/mol. The molecule has 0 saturated carbocycles. The minimum atomic E-state index is -0.0420. The van der Waals surface area contributed by atoms with Gasteiger partial charge in [0.15, 0.2) is 0 Å². The van der Waals surface area contributed by atoms with E-state index in [0.29, 0.717) is 17.1 Å². The lowest BCUT2D eigenvalue weighted by Crippen LogP contribution is -2.01. The first-order chi connectivity index (χ1) is 9.74. The first kappa shape index (κ1) is 12.4. The Labute approximate surface area is 117 Å². The molecule has 0 unspecified atom stereocenters.